The molecule has 0 aliphatic rings. The molecule has 0 saturated heterocycles. The van der Waals surface area contributed by atoms with Crippen molar-refractivity contribution in [2.45, 2.75) is 0 Å². The molecule has 0 atom stereocenters. The summed E-state index contributed by atoms with van der Waals surface area (Å²) in [6, 6.07) is 16.8. The van der Waals surface area contributed by atoms with Gasteiger partial charge in [-0.05, 0) is 35.9 Å². The molecule has 0 fully saturated rings. The first-order valence-corrected chi connectivity index (χ1v) is 6.91. The van der Waals surface area contributed by atoms with Crippen LogP contribution in [0.2, 0.25) is 0 Å². The Balaban J connectivity index is 2.00. The lowest BCUT2D eigenvalue weighted by Crippen LogP contribution is -2.20. The number of nitrogens with two attached hydrogens (primary N) is 1. The van der Waals surface area contributed by atoms with Crippen LogP contribution in [-0.4, -0.2) is 17.7 Å². The zero-order valence-corrected chi connectivity index (χ0v) is 12.2. The van der Waals surface area contributed by atoms with Crippen LogP contribution >= 0.6 is 0 Å². The first kappa shape index (κ1) is 13.9. The van der Waals surface area contributed by atoms with Crippen LogP contribution < -0.4 is 10.5 Å². The van der Waals surface area contributed by atoms with E-state index in [9.17, 15) is 4.79 Å². The fourth-order valence-electron chi connectivity index (χ4n) is 2.44. The molecule has 1 heterocycles. The predicted octanol–water partition coefficient (Wildman–Crippen LogP) is 3.75. The van der Waals surface area contributed by atoms with Crippen LogP contribution in [0.15, 0.2) is 54.6 Å². The number of para-hydroxylation sites is 1. The molecule has 3 aromatic rings. The molecule has 0 radical (unpaired) electrons. The molecule has 0 aliphatic heterocycles. The topological polar surface area (TPSA) is 57.2 Å². The molecule has 3 rings (SSSR count). The Bertz CT molecular complexity index is 845. The summed E-state index contributed by atoms with van der Waals surface area (Å²) in [5, 5.41) is 0.982. The summed E-state index contributed by atoms with van der Waals surface area (Å²) in [4.78, 5) is 11.7. The second-order valence-corrected chi connectivity index (χ2v) is 4.91. The molecule has 0 spiro atoms. The number of amides is 1. The number of carbonyl (C=O) groups excluding carboxylic acids is 1. The quantitative estimate of drug-likeness (QED) is 0.799. The van der Waals surface area contributed by atoms with E-state index < -0.39 is 6.03 Å². The monoisotopic (exact) mass is 292 g/mol. The smallest absolute Gasteiger partial charge is 0.323 e. The molecule has 0 unspecified atom stereocenters. The van der Waals surface area contributed by atoms with Gasteiger partial charge < -0.3 is 10.5 Å². The van der Waals surface area contributed by atoms with E-state index in [0.29, 0.717) is 0 Å². The number of rotatable bonds is 3. The molecular weight excluding hydrogens is 276 g/mol. The Labute approximate surface area is 128 Å². The maximum absolute atomic E-state index is 11.7. The van der Waals surface area contributed by atoms with Crippen molar-refractivity contribution >= 4 is 29.1 Å². The standard InChI is InChI=1S/C18H16N2O2/c1-22-16-10-7-13(8-11-16)6-9-15-12-14-4-2-3-5-17(14)20(15)18(19)21/h2-12H,1H3,(H2,19,21)/b9-6+. The molecule has 110 valence electrons. The highest BCUT2D eigenvalue weighted by Crippen LogP contribution is 2.21. The Hall–Kier alpha value is -3.01. The molecule has 22 heavy (non-hydrogen) atoms. The molecule has 2 N–H and O–H groups in total. The van der Waals surface area contributed by atoms with Crippen molar-refractivity contribution in [1.29, 1.82) is 0 Å². The fraction of sp³-hybridized carbons (Fsp3) is 0.0556. The molecule has 0 bridgehead atoms. The Morgan fingerprint density at radius 2 is 1.82 bits per heavy atom. The summed E-state index contributed by atoms with van der Waals surface area (Å²) in [5.41, 5.74) is 8.09. The summed E-state index contributed by atoms with van der Waals surface area (Å²) in [6.45, 7) is 0. The Morgan fingerprint density at radius 1 is 1.09 bits per heavy atom. The second kappa shape index (κ2) is 5.77. The van der Waals surface area contributed by atoms with Gasteiger partial charge in [0.15, 0.2) is 0 Å². The number of nitrogens with zero attached hydrogens (tertiary/aromatic N) is 1. The summed E-state index contributed by atoms with van der Waals surface area (Å²) >= 11 is 0. The lowest BCUT2D eigenvalue weighted by atomic mass is 10.2. The van der Waals surface area contributed by atoms with E-state index in [1.807, 2.05) is 66.7 Å². The van der Waals surface area contributed by atoms with Gasteiger partial charge in [0, 0.05) is 5.39 Å². The molecule has 4 heteroatoms. The van der Waals surface area contributed by atoms with Gasteiger partial charge in [-0.25, -0.2) is 4.79 Å². The van der Waals surface area contributed by atoms with E-state index in [1.54, 1.807) is 7.11 Å². The first-order valence-electron chi connectivity index (χ1n) is 6.91. The number of hydrogen-bond donors (Lipinski definition) is 1. The van der Waals surface area contributed by atoms with Gasteiger partial charge in [0.2, 0.25) is 0 Å². The number of primary amides is 1. The van der Waals surface area contributed by atoms with Gasteiger partial charge in [-0.15, -0.1) is 0 Å². The Kier molecular flexibility index (Phi) is 3.66. The highest BCUT2D eigenvalue weighted by Gasteiger charge is 2.09. The highest BCUT2D eigenvalue weighted by molar-refractivity contribution is 5.95. The van der Waals surface area contributed by atoms with E-state index in [4.69, 9.17) is 10.5 Å². The maximum atomic E-state index is 11.7. The van der Waals surface area contributed by atoms with Crippen molar-refractivity contribution in [2.75, 3.05) is 7.11 Å². The number of carbonyl (C=O) groups is 1. The predicted molar refractivity (Wildman–Crippen MR) is 88.8 cm³/mol. The van der Waals surface area contributed by atoms with E-state index in [2.05, 4.69) is 0 Å². The maximum Gasteiger partial charge on any atom is 0.323 e. The van der Waals surface area contributed by atoms with Crippen molar-refractivity contribution < 1.29 is 9.53 Å². The molecule has 1 aromatic heterocycles. The van der Waals surface area contributed by atoms with Gasteiger partial charge >= 0.3 is 6.03 Å². The third kappa shape index (κ3) is 2.59. The molecular formula is C18H16N2O2. The van der Waals surface area contributed by atoms with Gasteiger partial charge in [0.05, 0.1) is 18.3 Å². The van der Waals surface area contributed by atoms with E-state index in [1.165, 1.54) is 4.57 Å². The third-order valence-electron chi connectivity index (χ3n) is 3.52. The first-order chi connectivity index (χ1) is 10.7. The minimum absolute atomic E-state index is 0.490. The van der Waals surface area contributed by atoms with Crippen LogP contribution in [0.4, 0.5) is 4.79 Å². The minimum Gasteiger partial charge on any atom is -0.497 e. The molecule has 4 nitrogen and oxygen atoms in total. The average Bonchev–Trinajstić information content (AvgIpc) is 2.92. The van der Waals surface area contributed by atoms with Crippen LogP contribution in [0.1, 0.15) is 11.3 Å². The van der Waals surface area contributed by atoms with Gasteiger partial charge in [0.1, 0.15) is 5.75 Å². The molecule has 1 amide bonds. The van der Waals surface area contributed by atoms with Crippen LogP contribution in [0.5, 0.6) is 5.75 Å². The van der Waals surface area contributed by atoms with Crippen molar-refractivity contribution in [3.05, 3.63) is 65.9 Å². The summed E-state index contributed by atoms with van der Waals surface area (Å²) in [5.74, 6) is 0.809. The van der Waals surface area contributed by atoms with Crippen LogP contribution in [-0.2, 0) is 0 Å². The number of hydrogen-bond acceptors (Lipinski definition) is 2. The van der Waals surface area contributed by atoms with Crippen molar-refractivity contribution in [2.24, 2.45) is 5.73 Å². The zero-order valence-electron chi connectivity index (χ0n) is 12.2. The second-order valence-electron chi connectivity index (χ2n) is 4.91. The van der Waals surface area contributed by atoms with Crippen LogP contribution in [0.25, 0.3) is 23.1 Å². The normalized spacial score (nSPS) is 11.1. The van der Waals surface area contributed by atoms with Crippen molar-refractivity contribution in [3.8, 4) is 5.75 Å². The highest BCUT2D eigenvalue weighted by atomic mass is 16.5. The Morgan fingerprint density at radius 3 is 2.50 bits per heavy atom. The average molecular weight is 292 g/mol. The lowest BCUT2D eigenvalue weighted by Gasteiger charge is -2.02. The summed E-state index contributed by atoms with van der Waals surface area (Å²) < 4.78 is 6.64. The SMILES string of the molecule is COc1ccc(/C=C/c2cc3ccccc3n2C(N)=O)cc1. The third-order valence-corrected chi connectivity index (χ3v) is 3.52. The number of benzene rings is 2. The summed E-state index contributed by atoms with van der Waals surface area (Å²) in [6.07, 6.45) is 3.82. The molecule has 2 aromatic carbocycles. The fourth-order valence-corrected chi connectivity index (χ4v) is 2.44. The van der Waals surface area contributed by atoms with Crippen molar-refractivity contribution in [3.63, 3.8) is 0 Å². The number of aromatic nitrogens is 1. The van der Waals surface area contributed by atoms with Gasteiger partial charge in [-0.1, -0.05) is 36.4 Å². The van der Waals surface area contributed by atoms with Crippen LogP contribution in [0.3, 0.4) is 0 Å². The number of ether oxygens (including phenoxy) is 1. The minimum atomic E-state index is -0.490. The largest absolute Gasteiger partial charge is 0.497 e. The van der Waals surface area contributed by atoms with E-state index in [-0.39, 0.29) is 0 Å². The van der Waals surface area contributed by atoms with Gasteiger partial charge in [0.25, 0.3) is 0 Å². The van der Waals surface area contributed by atoms with E-state index in [0.717, 1.165) is 27.9 Å². The van der Waals surface area contributed by atoms with Crippen molar-refractivity contribution in [1.82, 2.24) is 4.57 Å². The number of fused-ring (bicyclic) bond motifs is 1. The molecule has 0 saturated carbocycles. The molecule has 0 aliphatic carbocycles. The van der Waals surface area contributed by atoms with E-state index >= 15 is 0 Å². The zero-order chi connectivity index (χ0) is 15.5. The van der Waals surface area contributed by atoms with Gasteiger partial charge in [-0.3, -0.25) is 4.57 Å². The summed E-state index contributed by atoms with van der Waals surface area (Å²) in [7, 11) is 1.64. The lowest BCUT2D eigenvalue weighted by molar-refractivity contribution is 0.251. The number of methoxy groups -OCH3 is 1. The van der Waals surface area contributed by atoms with Gasteiger partial charge in [-0.2, -0.15) is 0 Å². The van der Waals surface area contributed by atoms with Crippen LogP contribution in [0, 0.1) is 0 Å².